The molecule has 1 aliphatic rings. The number of sulfonamides is 2. The van der Waals surface area contributed by atoms with Gasteiger partial charge in [0.25, 0.3) is 0 Å². The summed E-state index contributed by atoms with van der Waals surface area (Å²) >= 11 is 0. The first-order valence-corrected chi connectivity index (χ1v) is 17.1. The van der Waals surface area contributed by atoms with Crippen molar-refractivity contribution in [2.45, 2.75) is 35.2 Å². The van der Waals surface area contributed by atoms with E-state index in [2.05, 4.69) is 14.7 Å². The van der Waals surface area contributed by atoms with Gasteiger partial charge in [-0.3, -0.25) is 9.52 Å². The highest BCUT2D eigenvalue weighted by Gasteiger charge is 2.38. The third-order valence-corrected chi connectivity index (χ3v) is 10.9. The number of aromatic nitrogens is 2. The third kappa shape index (κ3) is 6.61. The Morgan fingerprint density at radius 3 is 2.40 bits per heavy atom. The Morgan fingerprint density at radius 2 is 1.74 bits per heavy atom. The lowest BCUT2D eigenvalue weighted by Crippen LogP contribution is -2.31. The minimum atomic E-state index is -4.92. The van der Waals surface area contributed by atoms with Crippen LogP contribution in [0.15, 0.2) is 95.9 Å². The maximum atomic E-state index is 14.3. The van der Waals surface area contributed by atoms with E-state index in [1.165, 1.54) is 36.4 Å². The number of halogens is 3. The summed E-state index contributed by atoms with van der Waals surface area (Å²) in [5.74, 6) is -0.413. The molecule has 0 radical (unpaired) electrons. The van der Waals surface area contributed by atoms with Gasteiger partial charge in [-0.25, -0.2) is 26.5 Å². The van der Waals surface area contributed by atoms with Crippen molar-refractivity contribution in [1.29, 1.82) is 5.26 Å². The Hall–Kier alpha value is -5.04. The lowest BCUT2D eigenvalue weighted by Gasteiger charge is -2.19. The first-order chi connectivity index (χ1) is 22.2. The number of aromatic amines is 1. The molecule has 1 unspecified atom stereocenters. The number of rotatable bonds is 8. The molecule has 5 aromatic rings. The molecule has 3 N–H and O–H groups in total. The Morgan fingerprint density at radius 1 is 1.00 bits per heavy atom. The van der Waals surface area contributed by atoms with Crippen LogP contribution in [0.3, 0.4) is 0 Å². The van der Waals surface area contributed by atoms with Gasteiger partial charge in [-0.05, 0) is 65.1 Å². The van der Waals surface area contributed by atoms with Crippen LogP contribution in [0.4, 0.5) is 13.2 Å². The number of nitrogens with one attached hydrogen (secondary N) is 3. The second-order valence-electron chi connectivity index (χ2n) is 10.9. The SMILES string of the molecule is N#Cc1cccc(-c2ccc(S(=O)(=O)N[C@@H](Cc3ccc(C4CC(=O)NS4(=O)=O)cc3)c3nc4ccccc4[nH]3)cc2C(F)(F)F)c1. The number of carbonyl (C=O) groups is 1. The Labute approximate surface area is 267 Å². The molecule has 1 fully saturated rings. The summed E-state index contributed by atoms with van der Waals surface area (Å²) in [6.45, 7) is 0. The van der Waals surface area contributed by atoms with Gasteiger partial charge in [0.2, 0.25) is 26.0 Å². The van der Waals surface area contributed by atoms with Gasteiger partial charge in [0, 0.05) is 0 Å². The summed E-state index contributed by atoms with van der Waals surface area (Å²) in [7, 11) is -8.47. The molecule has 1 aromatic heterocycles. The smallest absolute Gasteiger partial charge is 0.341 e. The highest BCUT2D eigenvalue weighted by molar-refractivity contribution is 7.90. The summed E-state index contributed by atoms with van der Waals surface area (Å²) in [5.41, 5.74) is 0.828. The number of imidazole rings is 1. The van der Waals surface area contributed by atoms with Crippen LogP contribution in [0.1, 0.15) is 45.8 Å². The molecule has 47 heavy (non-hydrogen) atoms. The number of para-hydroxylation sites is 2. The maximum Gasteiger partial charge on any atom is 0.417 e. The Bertz CT molecular complexity index is 2250. The largest absolute Gasteiger partial charge is 0.417 e. The van der Waals surface area contributed by atoms with Gasteiger partial charge in [0.05, 0.1) is 45.6 Å². The van der Waals surface area contributed by atoms with Crippen LogP contribution in [-0.4, -0.2) is 32.7 Å². The fourth-order valence-corrected chi connectivity index (χ4v) is 8.13. The molecule has 0 aliphatic carbocycles. The van der Waals surface area contributed by atoms with Crippen molar-refractivity contribution in [3.63, 3.8) is 0 Å². The van der Waals surface area contributed by atoms with Crippen LogP contribution in [-0.2, 0) is 37.4 Å². The molecule has 6 rings (SSSR count). The number of hydrogen-bond donors (Lipinski definition) is 3. The minimum Gasteiger partial charge on any atom is -0.341 e. The van der Waals surface area contributed by atoms with E-state index in [4.69, 9.17) is 0 Å². The van der Waals surface area contributed by atoms with Gasteiger partial charge in [0.15, 0.2) is 0 Å². The number of fused-ring (bicyclic) bond motifs is 1. The van der Waals surface area contributed by atoms with Crippen molar-refractivity contribution in [1.82, 2.24) is 19.4 Å². The molecule has 1 aliphatic heterocycles. The van der Waals surface area contributed by atoms with Gasteiger partial charge in [-0.1, -0.05) is 54.6 Å². The van der Waals surface area contributed by atoms with Gasteiger partial charge in [-0.15, -0.1) is 0 Å². The molecular formula is C32H24F3N5O5S2. The van der Waals surface area contributed by atoms with E-state index in [0.29, 0.717) is 28.2 Å². The second-order valence-corrected chi connectivity index (χ2v) is 14.5. The molecule has 0 bridgehead atoms. The molecule has 0 saturated carbocycles. The van der Waals surface area contributed by atoms with E-state index in [9.17, 15) is 40.1 Å². The van der Waals surface area contributed by atoms with E-state index < -0.39 is 53.9 Å². The van der Waals surface area contributed by atoms with Crippen molar-refractivity contribution in [2.75, 3.05) is 0 Å². The van der Waals surface area contributed by atoms with Crippen LogP contribution < -0.4 is 9.44 Å². The molecule has 4 aromatic carbocycles. The minimum absolute atomic E-state index is 0.0148. The summed E-state index contributed by atoms with van der Waals surface area (Å²) < 4.78 is 99.3. The number of amides is 1. The number of carbonyl (C=O) groups excluding carboxylic acids is 1. The third-order valence-electron chi connectivity index (χ3n) is 7.74. The molecule has 2 atom stereocenters. The van der Waals surface area contributed by atoms with E-state index in [1.54, 1.807) is 36.4 Å². The number of nitriles is 1. The van der Waals surface area contributed by atoms with E-state index in [-0.39, 0.29) is 35.4 Å². The summed E-state index contributed by atoms with van der Waals surface area (Å²) in [6.07, 6.45) is -5.17. The topological polar surface area (TPSA) is 162 Å². The van der Waals surface area contributed by atoms with Crippen LogP contribution in [0.25, 0.3) is 22.2 Å². The Balaban J connectivity index is 1.35. The number of hydrogen-bond acceptors (Lipinski definition) is 7. The molecule has 2 heterocycles. The van der Waals surface area contributed by atoms with Crippen LogP contribution in [0.5, 0.6) is 0 Å². The highest BCUT2D eigenvalue weighted by Crippen LogP contribution is 2.39. The number of nitrogens with zero attached hydrogens (tertiary/aromatic N) is 2. The summed E-state index contributed by atoms with van der Waals surface area (Å²) in [4.78, 5) is 18.6. The van der Waals surface area contributed by atoms with Crippen molar-refractivity contribution in [2.24, 2.45) is 0 Å². The molecule has 1 amide bonds. The van der Waals surface area contributed by atoms with Gasteiger partial charge < -0.3 is 4.98 Å². The number of benzene rings is 4. The predicted octanol–water partition coefficient (Wildman–Crippen LogP) is 5.27. The van der Waals surface area contributed by atoms with E-state index >= 15 is 0 Å². The monoisotopic (exact) mass is 679 g/mol. The molecule has 10 nitrogen and oxygen atoms in total. The number of H-pyrrole nitrogens is 1. The van der Waals surface area contributed by atoms with Crippen LogP contribution in [0, 0.1) is 11.3 Å². The number of alkyl halides is 3. The zero-order chi connectivity index (χ0) is 33.6. The van der Waals surface area contributed by atoms with Crippen LogP contribution >= 0.6 is 0 Å². The first kappa shape index (κ1) is 31.9. The normalized spacial score (nSPS) is 16.9. The van der Waals surface area contributed by atoms with Crippen molar-refractivity contribution < 1.29 is 34.8 Å². The molecule has 1 saturated heterocycles. The van der Waals surface area contributed by atoms with E-state index in [0.717, 1.165) is 12.1 Å². The second kappa shape index (κ2) is 12.0. The molecule has 15 heteroatoms. The van der Waals surface area contributed by atoms with Gasteiger partial charge >= 0.3 is 6.18 Å². The first-order valence-electron chi connectivity index (χ1n) is 14.1. The quantitative estimate of drug-likeness (QED) is 0.201. The van der Waals surface area contributed by atoms with Gasteiger partial charge in [0.1, 0.15) is 11.1 Å². The van der Waals surface area contributed by atoms with Gasteiger partial charge in [-0.2, -0.15) is 18.4 Å². The van der Waals surface area contributed by atoms with Crippen molar-refractivity contribution in [3.8, 4) is 17.2 Å². The predicted molar refractivity (Wildman–Crippen MR) is 165 cm³/mol. The average molecular weight is 680 g/mol. The lowest BCUT2D eigenvalue weighted by molar-refractivity contribution is -0.137. The lowest BCUT2D eigenvalue weighted by atomic mass is 9.98. The zero-order valence-corrected chi connectivity index (χ0v) is 25.7. The summed E-state index contributed by atoms with van der Waals surface area (Å²) in [5, 5.41) is 8.14. The Kier molecular flexibility index (Phi) is 8.12. The average Bonchev–Trinajstić information content (AvgIpc) is 3.59. The fraction of sp³-hybridized carbons (Fsp3) is 0.156. The maximum absolute atomic E-state index is 14.3. The van der Waals surface area contributed by atoms with Crippen molar-refractivity contribution in [3.05, 3.63) is 119 Å². The van der Waals surface area contributed by atoms with Crippen LogP contribution in [0.2, 0.25) is 0 Å². The fourth-order valence-electron chi connectivity index (χ4n) is 5.47. The summed E-state index contributed by atoms with van der Waals surface area (Å²) in [6, 6.07) is 22.2. The van der Waals surface area contributed by atoms with E-state index in [1.807, 2.05) is 10.8 Å². The highest BCUT2D eigenvalue weighted by atomic mass is 32.2. The molecular weight excluding hydrogens is 656 g/mol. The van der Waals surface area contributed by atoms with Crippen molar-refractivity contribution >= 4 is 37.0 Å². The molecule has 240 valence electrons. The standard InChI is InChI=1S/C32H24F3N5O5S2/c33-32(34,35)25-16-23(12-13-24(25)22-5-3-4-20(14-22)18-36)46(42,43)39-28(31-37-26-6-1-2-7-27(26)38-31)15-19-8-10-21(11-9-19)29-17-30(41)40-47(29,44)45/h1-14,16,28-29,39H,15,17H2,(H,37,38)(H,40,41)/t28-,29?/m0/s1. The molecule has 0 spiro atoms. The zero-order valence-electron chi connectivity index (χ0n) is 24.1.